The lowest BCUT2D eigenvalue weighted by Gasteiger charge is -2.14. The van der Waals surface area contributed by atoms with Gasteiger partial charge in [0.05, 0.1) is 19.3 Å². The van der Waals surface area contributed by atoms with Crippen LogP contribution in [0.3, 0.4) is 0 Å². The highest BCUT2D eigenvalue weighted by Gasteiger charge is 2.14. The molecule has 0 saturated carbocycles. The average molecular weight is 378 g/mol. The Morgan fingerprint density at radius 1 is 1.15 bits per heavy atom. The van der Waals surface area contributed by atoms with E-state index in [4.69, 9.17) is 14.2 Å². The van der Waals surface area contributed by atoms with Crippen LogP contribution in [0, 0.1) is 13.8 Å². The number of hydrogen-bond donors (Lipinski definition) is 2. The third-order valence-electron chi connectivity index (χ3n) is 4.58. The third kappa shape index (κ3) is 8.18. The predicted octanol–water partition coefficient (Wildman–Crippen LogP) is 2.82. The number of para-hydroxylation sites is 1. The Bertz CT molecular complexity index is 552. The van der Waals surface area contributed by atoms with E-state index in [9.17, 15) is 0 Å². The van der Waals surface area contributed by atoms with Gasteiger partial charge in [0.2, 0.25) is 0 Å². The van der Waals surface area contributed by atoms with Crippen molar-refractivity contribution in [2.75, 3.05) is 46.6 Å². The van der Waals surface area contributed by atoms with Crippen LogP contribution in [0.4, 0.5) is 0 Å². The molecule has 0 aromatic heterocycles. The molecule has 0 bridgehead atoms. The minimum atomic E-state index is 0.304. The minimum Gasteiger partial charge on any atom is -0.493 e. The van der Waals surface area contributed by atoms with Crippen molar-refractivity contribution in [1.29, 1.82) is 0 Å². The molecule has 1 aromatic rings. The quantitative estimate of drug-likeness (QED) is 0.353. The van der Waals surface area contributed by atoms with Crippen LogP contribution in [0.2, 0.25) is 0 Å². The first-order chi connectivity index (χ1) is 13.2. The fourth-order valence-corrected chi connectivity index (χ4v) is 3.07. The summed E-state index contributed by atoms with van der Waals surface area (Å²) >= 11 is 0. The van der Waals surface area contributed by atoms with E-state index in [0.29, 0.717) is 19.3 Å². The lowest BCUT2D eigenvalue weighted by molar-refractivity contribution is 0.0168. The summed E-state index contributed by atoms with van der Waals surface area (Å²) in [6.07, 6.45) is 4.45. The summed E-state index contributed by atoms with van der Waals surface area (Å²) in [5, 5.41) is 6.63. The molecule has 1 aliphatic heterocycles. The average Bonchev–Trinajstić information content (AvgIpc) is 3.18. The van der Waals surface area contributed by atoms with E-state index in [0.717, 1.165) is 63.7 Å². The molecule has 2 rings (SSSR count). The standard InChI is InChI=1S/C21H35N3O3/c1-17-8-4-9-18(2)20(17)27-15-7-12-24-21(22-3)23-11-6-13-25-16-19-10-5-14-26-19/h4,8-9,19H,5-7,10-16H2,1-3H3,(H2,22,23,24). The van der Waals surface area contributed by atoms with E-state index in [1.165, 1.54) is 11.1 Å². The molecular weight excluding hydrogens is 342 g/mol. The lowest BCUT2D eigenvalue weighted by atomic mass is 10.1. The van der Waals surface area contributed by atoms with Gasteiger partial charge in [-0.05, 0) is 50.7 Å². The second-order valence-corrected chi connectivity index (χ2v) is 6.91. The summed E-state index contributed by atoms with van der Waals surface area (Å²) in [6.45, 7) is 8.85. The first kappa shape index (κ1) is 21.5. The van der Waals surface area contributed by atoms with Gasteiger partial charge in [-0.15, -0.1) is 0 Å². The van der Waals surface area contributed by atoms with Gasteiger partial charge < -0.3 is 24.8 Å². The van der Waals surface area contributed by atoms with Crippen LogP contribution < -0.4 is 15.4 Å². The fraction of sp³-hybridized carbons (Fsp3) is 0.667. The molecule has 1 saturated heterocycles. The zero-order valence-electron chi connectivity index (χ0n) is 17.1. The van der Waals surface area contributed by atoms with Crippen LogP contribution >= 0.6 is 0 Å². The van der Waals surface area contributed by atoms with Crippen molar-refractivity contribution in [2.24, 2.45) is 4.99 Å². The van der Waals surface area contributed by atoms with Crippen LogP contribution in [0.25, 0.3) is 0 Å². The number of aryl methyl sites for hydroxylation is 2. The van der Waals surface area contributed by atoms with Crippen molar-refractivity contribution < 1.29 is 14.2 Å². The van der Waals surface area contributed by atoms with Gasteiger partial charge in [0.15, 0.2) is 5.96 Å². The van der Waals surface area contributed by atoms with Crippen molar-refractivity contribution in [2.45, 2.75) is 45.6 Å². The van der Waals surface area contributed by atoms with Gasteiger partial charge in [-0.25, -0.2) is 0 Å². The second kappa shape index (κ2) is 12.6. The number of benzene rings is 1. The zero-order chi connectivity index (χ0) is 19.3. The van der Waals surface area contributed by atoms with E-state index >= 15 is 0 Å². The van der Waals surface area contributed by atoms with Crippen LogP contribution in [-0.2, 0) is 9.47 Å². The van der Waals surface area contributed by atoms with Gasteiger partial charge in [-0.1, -0.05) is 18.2 Å². The first-order valence-corrected chi connectivity index (χ1v) is 10.0. The molecule has 2 N–H and O–H groups in total. The topological polar surface area (TPSA) is 64.1 Å². The number of aliphatic imine (C=N–C) groups is 1. The maximum absolute atomic E-state index is 5.92. The van der Waals surface area contributed by atoms with Gasteiger partial charge in [0.25, 0.3) is 0 Å². The Morgan fingerprint density at radius 2 is 1.85 bits per heavy atom. The zero-order valence-corrected chi connectivity index (χ0v) is 17.1. The smallest absolute Gasteiger partial charge is 0.190 e. The maximum Gasteiger partial charge on any atom is 0.190 e. The van der Waals surface area contributed by atoms with Crippen molar-refractivity contribution in [3.8, 4) is 5.75 Å². The van der Waals surface area contributed by atoms with Gasteiger partial charge in [-0.2, -0.15) is 0 Å². The number of rotatable bonds is 11. The largest absolute Gasteiger partial charge is 0.493 e. The lowest BCUT2D eigenvalue weighted by Crippen LogP contribution is -2.38. The van der Waals surface area contributed by atoms with Crippen LogP contribution in [0.15, 0.2) is 23.2 Å². The van der Waals surface area contributed by atoms with Crippen LogP contribution in [0.1, 0.15) is 36.8 Å². The van der Waals surface area contributed by atoms with Crippen molar-refractivity contribution in [3.05, 3.63) is 29.3 Å². The predicted molar refractivity (Wildman–Crippen MR) is 110 cm³/mol. The van der Waals surface area contributed by atoms with E-state index < -0.39 is 0 Å². The minimum absolute atomic E-state index is 0.304. The monoisotopic (exact) mass is 377 g/mol. The van der Waals surface area contributed by atoms with E-state index in [1.807, 2.05) is 0 Å². The van der Waals surface area contributed by atoms with Crippen molar-refractivity contribution in [3.63, 3.8) is 0 Å². The Hall–Kier alpha value is -1.79. The van der Waals surface area contributed by atoms with Gasteiger partial charge in [0.1, 0.15) is 5.75 Å². The molecule has 1 aliphatic rings. The number of guanidine groups is 1. The van der Waals surface area contributed by atoms with Crippen molar-refractivity contribution >= 4 is 5.96 Å². The molecule has 6 nitrogen and oxygen atoms in total. The van der Waals surface area contributed by atoms with Gasteiger partial charge in [-0.3, -0.25) is 4.99 Å². The Labute approximate surface area is 163 Å². The number of nitrogens with zero attached hydrogens (tertiary/aromatic N) is 1. The first-order valence-electron chi connectivity index (χ1n) is 10.0. The van der Waals surface area contributed by atoms with E-state index in [1.54, 1.807) is 7.05 Å². The number of nitrogens with one attached hydrogen (secondary N) is 2. The fourth-order valence-electron chi connectivity index (χ4n) is 3.07. The summed E-state index contributed by atoms with van der Waals surface area (Å²) in [7, 11) is 1.79. The van der Waals surface area contributed by atoms with E-state index in [-0.39, 0.29) is 0 Å². The molecular formula is C21H35N3O3. The Balaban J connectivity index is 1.48. The SMILES string of the molecule is CN=C(NCCCOCC1CCCO1)NCCCOc1c(C)cccc1C. The highest BCUT2D eigenvalue weighted by atomic mass is 16.5. The molecule has 1 heterocycles. The Kier molecular flexibility index (Phi) is 10.0. The number of hydrogen-bond acceptors (Lipinski definition) is 4. The summed E-state index contributed by atoms with van der Waals surface area (Å²) < 4.78 is 17.1. The van der Waals surface area contributed by atoms with Gasteiger partial charge >= 0.3 is 0 Å². The van der Waals surface area contributed by atoms with Gasteiger partial charge in [0, 0.05) is 33.4 Å². The molecule has 0 spiro atoms. The summed E-state index contributed by atoms with van der Waals surface area (Å²) in [6, 6.07) is 6.22. The Morgan fingerprint density at radius 3 is 2.48 bits per heavy atom. The van der Waals surface area contributed by atoms with E-state index in [2.05, 4.69) is 47.7 Å². The third-order valence-corrected chi connectivity index (χ3v) is 4.58. The van der Waals surface area contributed by atoms with Crippen molar-refractivity contribution in [1.82, 2.24) is 10.6 Å². The highest BCUT2D eigenvalue weighted by Crippen LogP contribution is 2.22. The molecule has 6 heteroatoms. The molecule has 1 aromatic carbocycles. The molecule has 0 radical (unpaired) electrons. The van der Waals surface area contributed by atoms with Crippen LogP contribution in [-0.4, -0.2) is 58.6 Å². The van der Waals surface area contributed by atoms with Crippen LogP contribution in [0.5, 0.6) is 5.75 Å². The maximum atomic E-state index is 5.92. The molecule has 1 fully saturated rings. The molecule has 1 unspecified atom stereocenters. The molecule has 27 heavy (non-hydrogen) atoms. The molecule has 1 atom stereocenters. The molecule has 0 aliphatic carbocycles. The summed E-state index contributed by atoms with van der Waals surface area (Å²) in [5.74, 6) is 1.82. The highest BCUT2D eigenvalue weighted by molar-refractivity contribution is 5.79. The number of ether oxygens (including phenoxy) is 3. The molecule has 152 valence electrons. The normalized spacial score (nSPS) is 17.1. The summed E-state index contributed by atoms with van der Waals surface area (Å²) in [5.41, 5.74) is 2.37. The molecule has 0 amide bonds. The second-order valence-electron chi connectivity index (χ2n) is 6.91. The summed E-state index contributed by atoms with van der Waals surface area (Å²) in [4.78, 5) is 4.25.